The van der Waals surface area contributed by atoms with E-state index < -0.39 is 0 Å². The van der Waals surface area contributed by atoms with E-state index in [0.717, 1.165) is 23.2 Å². The lowest BCUT2D eigenvalue weighted by atomic mass is 10.2. The van der Waals surface area contributed by atoms with Gasteiger partial charge in [-0.1, -0.05) is 6.07 Å². The molecule has 0 aliphatic rings. The van der Waals surface area contributed by atoms with Gasteiger partial charge in [-0.2, -0.15) is 0 Å². The van der Waals surface area contributed by atoms with Crippen molar-refractivity contribution in [2.75, 3.05) is 31.6 Å². The molecule has 0 saturated heterocycles. The number of aliphatic hydroxyl groups excluding tert-OH is 1. The van der Waals surface area contributed by atoms with Crippen LogP contribution >= 0.6 is 15.9 Å². The fourth-order valence-electron chi connectivity index (χ4n) is 1.69. The van der Waals surface area contributed by atoms with Crippen molar-refractivity contribution in [2.24, 2.45) is 0 Å². The minimum absolute atomic E-state index is 0.179. The first-order valence-corrected chi connectivity index (χ1v) is 6.31. The topological polar surface area (TPSA) is 35.5 Å². The molecule has 0 heterocycles. The van der Waals surface area contributed by atoms with Gasteiger partial charge in [-0.3, -0.25) is 0 Å². The largest absolute Gasteiger partial charge is 0.395 e. The van der Waals surface area contributed by atoms with Gasteiger partial charge in [-0.25, -0.2) is 0 Å². The van der Waals surface area contributed by atoms with E-state index in [1.165, 1.54) is 5.56 Å². The number of hydrogen-bond donors (Lipinski definition) is 2. The van der Waals surface area contributed by atoms with Gasteiger partial charge in [0.25, 0.3) is 0 Å². The van der Waals surface area contributed by atoms with Gasteiger partial charge in [0, 0.05) is 24.1 Å². The third-order valence-electron chi connectivity index (χ3n) is 2.49. The fourth-order valence-corrected chi connectivity index (χ4v) is 2.37. The maximum absolute atomic E-state index is 8.99. The van der Waals surface area contributed by atoms with Gasteiger partial charge in [0.2, 0.25) is 0 Å². The SMILES string of the molecule is CCN(CCO)c1ccc(CNC)cc1Br. The van der Waals surface area contributed by atoms with E-state index >= 15 is 0 Å². The van der Waals surface area contributed by atoms with E-state index in [9.17, 15) is 0 Å². The zero-order chi connectivity index (χ0) is 12.0. The molecule has 2 N–H and O–H groups in total. The van der Waals surface area contributed by atoms with Crippen LogP contribution in [0.2, 0.25) is 0 Å². The van der Waals surface area contributed by atoms with Crippen molar-refractivity contribution in [1.82, 2.24) is 5.32 Å². The molecule has 0 saturated carbocycles. The molecule has 0 unspecified atom stereocenters. The highest BCUT2D eigenvalue weighted by Crippen LogP contribution is 2.27. The molecule has 0 aliphatic heterocycles. The molecule has 0 radical (unpaired) electrons. The standard InChI is InChI=1S/C12H19BrN2O/c1-3-15(6-7-16)12-5-4-10(9-14-2)8-11(12)13/h4-5,8,14,16H,3,6-7,9H2,1-2H3. The van der Waals surface area contributed by atoms with Gasteiger partial charge in [-0.05, 0) is 47.6 Å². The summed E-state index contributed by atoms with van der Waals surface area (Å²) in [6.45, 7) is 4.69. The van der Waals surface area contributed by atoms with Crippen LogP contribution in [0.1, 0.15) is 12.5 Å². The van der Waals surface area contributed by atoms with Crippen molar-refractivity contribution in [1.29, 1.82) is 0 Å². The number of likely N-dealkylation sites (N-methyl/N-ethyl adjacent to an activating group) is 1. The second-order valence-electron chi connectivity index (χ2n) is 3.62. The number of rotatable bonds is 6. The number of benzene rings is 1. The predicted octanol–water partition coefficient (Wildman–Crippen LogP) is 1.99. The van der Waals surface area contributed by atoms with E-state index in [1.807, 2.05) is 7.05 Å². The summed E-state index contributed by atoms with van der Waals surface area (Å²) in [6.07, 6.45) is 0. The highest BCUT2D eigenvalue weighted by molar-refractivity contribution is 9.10. The predicted molar refractivity (Wildman–Crippen MR) is 71.9 cm³/mol. The van der Waals surface area contributed by atoms with E-state index in [-0.39, 0.29) is 6.61 Å². The van der Waals surface area contributed by atoms with Crippen LogP contribution in [-0.2, 0) is 6.54 Å². The Balaban J connectivity index is 2.87. The van der Waals surface area contributed by atoms with Crippen LogP contribution in [0, 0.1) is 0 Å². The maximum atomic E-state index is 8.99. The van der Waals surface area contributed by atoms with Crippen LogP contribution in [0.3, 0.4) is 0 Å². The van der Waals surface area contributed by atoms with Gasteiger partial charge in [0.1, 0.15) is 0 Å². The number of aliphatic hydroxyl groups is 1. The van der Waals surface area contributed by atoms with Gasteiger partial charge in [-0.15, -0.1) is 0 Å². The van der Waals surface area contributed by atoms with Crippen LogP contribution in [0.25, 0.3) is 0 Å². The number of anilines is 1. The average molecular weight is 287 g/mol. The summed E-state index contributed by atoms with van der Waals surface area (Å²) in [7, 11) is 1.94. The summed E-state index contributed by atoms with van der Waals surface area (Å²) in [5, 5.41) is 12.1. The minimum atomic E-state index is 0.179. The summed E-state index contributed by atoms with van der Waals surface area (Å²) in [5.74, 6) is 0. The Hall–Kier alpha value is -0.580. The smallest absolute Gasteiger partial charge is 0.0606 e. The summed E-state index contributed by atoms with van der Waals surface area (Å²) < 4.78 is 1.08. The molecule has 1 aromatic rings. The van der Waals surface area contributed by atoms with E-state index in [2.05, 4.69) is 51.3 Å². The van der Waals surface area contributed by atoms with Crippen LogP contribution in [0.5, 0.6) is 0 Å². The molecule has 0 aromatic heterocycles. The second-order valence-corrected chi connectivity index (χ2v) is 4.47. The molecule has 0 bridgehead atoms. The Kier molecular flexibility index (Phi) is 5.80. The van der Waals surface area contributed by atoms with E-state index in [4.69, 9.17) is 5.11 Å². The maximum Gasteiger partial charge on any atom is 0.0606 e. The molecule has 0 spiro atoms. The Labute approximate surface area is 106 Å². The minimum Gasteiger partial charge on any atom is -0.395 e. The van der Waals surface area contributed by atoms with Crippen LogP contribution in [0.4, 0.5) is 5.69 Å². The first-order chi connectivity index (χ1) is 7.72. The number of nitrogens with zero attached hydrogens (tertiary/aromatic N) is 1. The van der Waals surface area contributed by atoms with Crippen molar-refractivity contribution in [3.8, 4) is 0 Å². The molecule has 3 nitrogen and oxygen atoms in total. The zero-order valence-electron chi connectivity index (χ0n) is 9.83. The van der Waals surface area contributed by atoms with Crippen LogP contribution < -0.4 is 10.2 Å². The Morgan fingerprint density at radius 3 is 2.69 bits per heavy atom. The first-order valence-electron chi connectivity index (χ1n) is 5.51. The molecule has 16 heavy (non-hydrogen) atoms. The summed E-state index contributed by atoms with van der Waals surface area (Å²) in [4.78, 5) is 2.15. The zero-order valence-corrected chi connectivity index (χ0v) is 11.4. The van der Waals surface area contributed by atoms with E-state index in [1.54, 1.807) is 0 Å². The molecule has 4 heteroatoms. The number of nitrogens with one attached hydrogen (secondary N) is 1. The van der Waals surface area contributed by atoms with Gasteiger partial charge in [0.05, 0.1) is 12.3 Å². The van der Waals surface area contributed by atoms with Crippen LogP contribution in [0.15, 0.2) is 22.7 Å². The molecule has 0 atom stereocenters. The van der Waals surface area contributed by atoms with E-state index in [0.29, 0.717) is 6.54 Å². The highest BCUT2D eigenvalue weighted by Gasteiger charge is 2.08. The Morgan fingerprint density at radius 2 is 2.19 bits per heavy atom. The lowest BCUT2D eigenvalue weighted by Crippen LogP contribution is -2.26. The van der Waals surface area contributed by atoms with Crippen molar-refractivity contribution in [2.45, 2.75) is 13.5 Å². The van der Waals surface area contributed by atoms with Crippen molar-refractivity contribution < 1.29 is 5.11 Å². The average Bonchev–Trinajstić information content (AvgIpc) is 2.27. The third-order valence-corrected chi connectivity index (χ3v) is 3.12. The molecule has 0 fully saturated rings. The van der Waals surface area contributed by atoms with Crippen molar-refractivity contribution in [3.05, 3.63) is 28.2 Å². The summed E-state index contributed by atoms with van der Waals surface area (Å²) >= 11 is 3.58. The lowest BCUT2D eigenvalue weighted by Gasteiger charge is -2.23. The molecule has 1 rings (SSSR count). The molecule has 0 amide bonds. The first kappa shape index (κ1) is 13.5. The normalized spacial score (nSPS) is 10.5. The Bertz CT molecular complexity index is 331. The van der Waals surface area contributed by atoms with Crippen LogP contribution in [-0.4, -0.2) is 31.9 Å². The van der Waals surface area contributed by atoms with Crippen molar-refractivity contribution in [3.63, 3.8) is 0 Å². The Morgan fingerprint density at radius 1 is 1.44 bits per heavy atom. The number of halogens is 1. The second kappa shape index (κ2) is 6.89. The lowest BCUT2D eigenvalue weighted by molar-refractivity contribution is 0.302. The summed E-state index contributed by atoms with van der Waals surface area (Å²) in [5.41, 5.74) is 2.38. The molecule has 90 valence electrons. The molecule has 0 aliphatic carbocycles. The molecular formula is C12H19BrN2O. The van der Waals surface area contributed by atoms with Gasteiger partial charge >= 0.3 is 0 Å². The van der Waals surface area contributed by atoms with Crippen molar-refractivity contribution >= 4 is 21.6 Å². The monoisotopic (exact) mass is 286 g/mol. The molecule has 1 aromatic carbocycles. The van der Waals surface area contributed by atoms with Gasteiger partial charge < -0.3 is 15.3 Å². The summed E-state index contributed by atoms with van der Waals surface area (Å²) in [6, 6.07) is 6.32. The third kappa shape index (κ3) is 3.47. The number of hydrogen-bond acceptors (Lipinski definition) is 3. The molecular weight excluding hydrogens is 268 g/mol. The van der Waals surface area contributed by atoms with Gasteiger partial charge in [0.15, 0.2) is 0 Å². The highest BCUT2D eigenvalue weighted by atomic mass is 79.9. The fraction of sp³-hybridized carbons (Fsp3) is 0.500. The quantitative estimate of drug-likeness (QED) is 0.840.